The number of benzene rings is 1. The van der Waals surface area contributed by atoms with E-state index in [4.69, 9.17) is 9.47 Å². The number of phenols is 1. The summed E-state index contributed by atoms with van der Waals surface area (Å²) in [6, 6.07) is 6.48. The van der Waals surface area contributed by atoms with E-state index in [1.807, 2.05) is 6.07 Å². The first-order valence-electron chi connectivity index (χ1n) is 7.83. The number of ether oxygens (including phenoxy) is 2. The predicted molar refractivity (Wildman–Crippen MR) is 78.7 cm³/mol. The lowest BCUT2D eigenvalue weighted by Crippen LogP contribution is -2.45. The molecule has 4 rings (SSSR count). The van der Waals surface area contributed by atoms with Gasteiger partial charge in [0.2, 0.25) is 0 Å². The lowest BCUT2D eigenvalue weighted by molar-refractivity contribution is 0.0173. The molecule has 5 heteroatoms. The normalized spacial score (nSPS) is 30.3. The molecule has 2 unspecified atom stereocenters. The lowest BCUT2D eigenvalue weighted by Gasteiger charge is -2.32. The number of nitrogens with zero attached hydrogens (tertiary/aromatic N) is 2. The summed E-state index contributed by atoms with van der Waals surface area (Å²) in [4.78, 5) is 5.10. The number of aromatic hydroxyl groups is 1. The minimum absolute atomic E-state index is 0.280. The molecule has 0 saturated carbocycles. The Bertz CT molecular complexity index is 516. The topological polar surface area (TPSA) is 45.2 Å². The van der Waals surface area contributed by atoms with Crippen LogP contribution < -0.4 is 4.74 Å². The van der Waals surface area contributed by atoms with Crippen LogP contribution in [0, 0.1) is 0 Å². The molecule has 21 heavy (non-hydrogen) atoms. The number of hydrogen-bond donors (Lipinski definition) is 1. The van der Waals surface area contributed by atoms with Gasteiger partial charge in [-0.15, -0.1) is 0 Å². The molecule has 2 atom stereocenters. The highest BCUT2D eigenvalue weighted by atomic mass is 16.5. The van der Waals surface area contributed by atoms with Crippen LogP contribution in [0.15, 0.2) is 18.2 Å². The zero-order valence-electron chi connectivity index (χ0n) is 12.2. The minimum Gasteiger partial charge on any atom is -0.508 e. The SMILES string of the molecule is Oc1ccc2c(c1)OCC2N1CCC(N2CCOCC2)C1. The summed E-state index contributed by atoms with van der Waals surface area (Å²) >= 11 is 0. The number of rotatable bonds is 2. The molecular weight excluding hydrogens is 268 g/mol. The Morgan fingerprint density at radius 1 is 1.10 bits per heavy atom. The van der Waals surface area contributed by atoms with Crippen molar-refractivity contribution in [1.82, 2.24) is 9.80 Å². The van der Waals surface area contributed by atoms with Crippen molar-refractivity contribution in [3.05, 3.63) is 23.8 Å². The fraction of sp³-hybridized carbons (Fsp3) is 0.625. The molecular formula is C16H22N2O3. The van der Waals surface area contributed by atoms with Crippen molar-refractivity contribution in [1.29, 1.82) is 0 Å². The molecule has 114 valence electrons. The van der Waals surface area contributed by atoms with Crippen LogP contribution in [0.3, 0.4) is 0 Å². The van der Waals surface area contributed by atoms with Gasteiger partial charge in [0.1, 0.15) is 18.1 Å². The summed E-state index contributed by atoms with van der Waals surface area (Å²) in [5.41, 5.74) is 1.22. The Morgan fingerprint density at radius 3 is 2.81 bits per heavy atom. The van der Waals surface area contributed by atoms with E-state index >= 15 is 0 Å². The molecule has 1 aromatic carbocycles. The average Bonchev–Trinajstić information content (AvgIpc) is 3.13. The van der Waals surface area contributed by atoms with E-state index < -0.39 is 0 Å². The maximum atomic E-state index is 9.55. The Labute approximate surface area is 125 Å². The molecule has 0 radical (unpaired) electrons. The maximum absolute atomic E-state index is 9.55. The summed E-state index contributed by atoms with van der Waals surface area (Å²) in [6.07, 6.45) is 1.23. The zero-order valence-corrected chi connectivity index (χ0v) is 12.2. The van der Waals surface area contributed by atoms with Gasteiger partial charge in [0.05, 0.1) is 19.3 Å². The van der Waals surface area contributed by atoms with Gasteiger partial charge in [-0.3, -0.25) is 9.80 Å². The van der Waals surface area contributed by atoms with E-state index in [1.54, 1.807) is 12.1 Å². The van der Waals surface area contributed by atoms with E-state index in [0.29, 0.717) is 18.7 Å². The lowest BCUT2D eigenvalue weighted by atomic mass is 10.1. The first-order valence-corrected chi connectivity index (χ1v) is 7.83. The molecule has 0 amide bonds. The Kier molecular flexibility index (Phi) is 3.49. The Morgan fingerprint density at radius 2 is 1.95 bits per heavy atom. The predicted octanol–water partition coefficient (Wildman–Crippen LogP) is 1.23. The van der Waals surface area contributed by atoms with Crippen LogP contribution in [0.2, 0.25) is 0 Å². The molecule has 0 bridgehead atoms. The van der Waals surface area contributed by atoms with Gasteiger partial charge < -0.3 is 14.6 Å². The van der Waals surface area contributed by atoms with Crippen LogP contribution >= 0.6 is 0 Å². The standard InChI is InChI=1S/C16H22N2O3/c19-13-1-2-14-15(11-21-16(14)9-13)18-4-3-12(10-18)17-5-7-20-8-6-17/h1-2,9,12,15,19H,3-8,10-11H2. The van der Waals surface area contributed by atoms with Crippen molar-refractivity contribution in [2.24, 2.45) is 0 Å². The van der Waals surface area contributed by atoms with Crippen molar-refractivity contribution in [3.8, 4) is 11.5 Å². The summed E-state index contributed by atoms with van der Waals surface area (Å²) in [5, 5.41) is 9.55. The van der Waals surface area contributed by atoms with E-state index in [0.717, 1.165) is 45.1 Å². The van der Waals surface area contributed by atoms with Crippen LogP contribution in [0.1, 0.15) is 18.0 Å². The van der Waals surface area contributed by atoms with Crippen LogP contribution in [-0.4, -0.2) is 66.9 Å². The van der Waals surface area contributed by atoms with Gasteiger partial charge in [-0.1, -0.05) is 0 Å². The fourth-order valence-electron chi connectivity index (χ4n) is 3.78. The average molecular weight is 290 g/mol. The van der Waals surface area contributed by atoms with Gasteiger partial charge in [-0.05, 0) is 18.6 Å². The zero-order chi connectivity index (χ0) is 14.2. The summed E-state index contributed by atoms with van der Waals surface area (Å²) < 4.78 is 11.2. The highest BCUT2D eigenvalue weighted by Gasteiger charge is 2.36. The van der Waals surface area contributed by atoms with Crippen LogP contribution in [0.5, 0.6) is 11.5 Å². The molecule has 0 spiro atoms. The van der Waals surface area contributed by atoms with Crippen molar-refractivity contribution in [3.63, 3.8) is 0 Å². The first kappa shape index (κ1) is 13.4. The molecule has 2 fully saturated rings. The maximum Gasteiger partial charge on any atom is 0.127 e. The monoisotopic (exact) mass is 290 g/mol. The molecule has 5 nitrogen and oxygen atoms in total. The van der Waals surface area contributed by atoms with Gasteiger partial charge in [-0.25, -0.2) is 0 Å². The number of fused-ring (bicyclic) bond motifs is 1. The van der Waals surface area contributed by atoms with E-state index in [9.17, 15) is 5.11 Å². The first-order chi connectivity index (χ1) is 10.3. The largest absolute Gasteiger partial charge is 0.508 e. The molecule has 3 aliphatic rings. The molecule has 3 heterocycles. The van der Waals surface area contributed by atoms with Crippen molar-refractivity contribution >= 4 is 0 Å². The van der Waals surface area contributed by atoms with Crippen molar-refractivity contribution in [2.45, 2.75) is 18.5 Å². The van der Waals surface area contributed by atoms with E-state index in [2.05, 4.69) is 9.80 Å². The molecule has 1 aromatic rings. The van der Waals surface area contributed by atoms with Gasteiger partial charge in [-0.2, -0.15) is 0 Å². The number of hydrogen-bond acceptors (Lipinski definition) is 5. The van der Waals surface area contributed by atoms with E-state index in [-0.39, 0.29) is 5.75 Å². The number of phenolic OH excluding ortho intramolecular Hbond substituents is 1. The summed E-state index contributed by atoms with van der Waals surface area (Å²) in [5.74, 6) is 1.12. The second kappa shape index (κ2) is 5.48. The molecule has 3 aliphatic heterocycles. The van der Waals surface area contributed by atoms with Crippen LogP contribution in [0.25, 0.3) is 0 Å². The molecule has 0 aliphatic carbocycles. The van der Waals surface area contributed by atoms with Crippen LogP contribution in [0.4, 0.5) is 0 Å². The smallest absolute Gasteiger partial charge is 0.127 e. The van der Waals surface area contributed by atoms with Gasteiger partial charge in [0.15, 0.2) is 0 Å². The second-order valence-corrected chi connectivity index (χ2v) is 6.13. The van der Waals surface area contributed by atoms with Gasteiger partial charge in [0, 0.05) is 43.9 Å². The molecule has 0 aromatic heterocycles. The summed E-state index contributed by atoms with van der Waals surface area (Å²) in [6.45, 7) is 6.78. The molecule has 1 N–H and O–H groups in total. The third kappa shape index (κ3) is 2.50. The Balaban J connectivity index is 1.45. The second-order valence-electron chi connectivity index (χ2n) is 6.13. The third-order valence-electron chi connectivity index (χ3n) is 4.95. The third-order valence-corrected chi connectivity index (χ3v) is 4.95. The van der Waals surface area contributed by atoms with Crippen molar-refractivity contribution < 1.29 is 14.6 Å². The van der Waals surface area contributed by atoms with Crippen molar-refractivity contribution in [2.75, 3.05) is 46.0 Å². The Hall–Kier alpha value is -1.30. The van der Waals surface area contributed by atoms with Crippen LogP contribution in [-0.2, 0) is 4.74 Å². The summed E-state index contributed by atoms with van der Waals surface area (Å²) in [7, 11) is 0. The van der Waals surface area contributed by atoms with Gasteiger partial charge >= 0.3 is 0 Å². The fourth-order valence-corrected chi connectivity index (χ4v) is 3.78. The highest BCUT2D eigenvalue weighted by molar-refractivity contribution is 5.44. The quantitative estimate of drug-likeness (QED) is 0.887. The highest BCUT2D eigenvalue weighted by Crippen LogP contribution is 2.39. The molecule has 2 saturated heterocycles. The van der Waals surface area contributed by atoms with Gasteiger partial charge in [0.25, 0.3) is 0 Å². The minimum atomic E-state index is 0.280. The number of morpholine rings is 1. The van der Waals surface area contributed by atoms with E-state index in [1.165, 1.54) is 12.0 Å². The number of likely N-dealkylation sites (tertiary alicyclic amines) is 1.